The third kappa shape index (κ3) is 7.08. The first kappa shape index (κ1) is 47.2. The van der Waals surface area contributed by atoms with Gasteiger partial charge in [-0.15, -0.1) is 0 Å². The van der Waals surface area contributed by atoms with Crippen molar-refractivity contribution < 1.29 is 0 Å². The Kier molecular flexibility index (Phi) is 10.4. The van der Waals surface area contributed by atoms with Gasteiger partial charge in [-0.05, 0) is 158 Å². The lowest BCUT2D eigenvalue weighted by molar-refractivity contribution is 0.245. The Morgan fingerprint density at radius 2 is 1.11 bits per heavy atom. The molecule has 0 saturated carbocycles. The van der Waals surface area contributed by atoms with E-state index in [9.17, 15) is 0 Å². The summed E-state index contributed by atoms with van der Waals surface area (Å²) in [5, 5.41) is 0. The summed E-state index contributed by atoms with van der Waals surface area (Å²) in [6, 6.07) is 65.9. The van der Waals surface area contributed by atoms with Gasteiger partial charge < -0.3 is 19.7 Å². The van der Waals surface area contributed by atoms with Crippen LogP contribution in [0.25, 0.3) is 22.4 Å². The topological polar surface area (TPSA) is 38.4 Å². The third-order valence-corrected chi connectivity index (χ3v) is 17.9. The molecule has 2 atom stereocenters. The normalized spacial score (nSPS) is 18.5. The number of imidazole rings is 1. The standard InChI is InChI=1S/C69H68BN5/c1-65(2,3)47-26-30-50(31-27-47)73-61-34-29-49(67(7,8)9)39-56(61)70-55-23-17-18-24-60(55)74(58-33-28-48(66(4,5)6)38-52(58)44-19-13-12-14-20-44)63-41-51(40-62(73)64(63)70)75-59-32-25-46(57-42-71-43-72-57)37-54(59)68(10)36-35-45-21-15-16-22-53(45)69(68,75)11/h12-34,37-43H,35-36H2,1-11H3,(H,71,72). The van der Waals surface area contributed by atoms with Crippen molar-refractivity contribution in [1.29, 1.82) is 0 Å². The molecule has 3 aliphatic heterocycles. The maximum Gasteiger partial charge on any atom is 0.252 e. The molecule has 4 aliphatic rings. The molecule has 0 fully saturated rings. The molecular weight excluding hydrogens is 910 g/mol. The van der Waals surface area contributed by atoms with Gasteiger partial charge in [0, 0.05) is 50.8 Å². The molecule has 5 nitrogen and oxygen atoms in total. The van der Waals surface area contributed by atoms with E-state index in [1.807, 2.05) is 6.20 Å². The second-order valence-electron chi connectivity index (χ2n) is 25.3. The van der Waals surface area contributed by atoms with Gasteiger partial charge in [-0.2, -0.15) is 0 Å². The Morgan fingerprint density at radius 1 is 0.493 bits per heavy atom. The highest BCUT2D eigenvalue weighted by atomic mass is 15.3. The monoisotopic (exact) mass is 978 g/mol. The van der Waals surface area contributed by atoms with Gasteiger partial charge in [-0.3, -0.25) is 0 Å². The predicted molar refractivity (Wildman–Crippen MR) is 318 cm³/mol. The highest BCUT2D eigenvalue weighted by Crippen LogP contribution is 2.65. The van der Waals surface area contributed by atoms with E-state index in [0.29, 0.717) is 0 Å². The summed E-state index contributed by atoms with van der Waals surface area (Å²) >= 11 is 0. The van der Waals surface area contributed by atoms with Gasteiger partial charge in [0.05, 0.1) is 29.4 Å². The molecule has 0 radical (unpaired) electrons. The van der Waals surface area contributed by atoms with Crippen molar-refractivity contribution in [2.24, 2.45) is 0 Å². The number of fused-ring (bicyclic) bond motifs is 9. The van der Waals surface area contributed by atoms with Crippen LogP contribution in [-0.4, -0.2) is 16.7 Å². The number of nitrogens with one attached hydrogen (secondary N) is 1. The largest absolute Gasteiger partial charge is 0.345 e. The number of para-hydroxylation sites is 1. The van der Waals surface area contributed by atoms with Crippen LogP contribution >= 0.6 is 0 Å². The summed E-state index contributed by atoms with van der Waals surface area (Å²) in [6.45, 7) is 26.0. The molecule has 0 bridgehead atoms. The lowest BCUT2D eigenvalue weighted by atomic mass is 9.33. The lowest BCUT2D eigenvalue weighted by Gasteiger charge is -2.52. The van der Waals surface area contributed by atoms with E-state index in [1.54, 1.807) is 6.33 Å². The van der Waals surface area contributed by atoms with Gasteiger partial charge in [0.15, 0.2) is 0 Å². The number of benzene rings is 8. The van der Waals surface area contributed by atoms with Gasteiger partial charge in [0.25, 0.3) is 6.71 Å². The average Bonchev–Trinajstić information content (AvgIpc) is 4.09. The Hall–Kier alpha value is -7.57. The molecule has 75 heavy (non-hydrogen) atoms. The summed E-state index contributed by atoms with van der Waals surface area (Å²) in [4.78, 5) is 15.9. The molecule has 0 amide bonds. The summed E-state index contributed by atoms with van der Waals surface area (Å²) < 4.78 is 0. The van der Waals surface area contributed by atoms with Crippen LogP contribution in [0.15, 0.2) is 182 Å². The number of aromatic amines is 1. The van der Waals surface area contributed by atoms with Gasteiger partial charge in [0.1, 0.15) is 0 Å². The van der Waals surface area contributed by atoms with E-state index in [0.717, 1.165) is 29.8 Å². The fourth-order valence-electron chi connectivity index (χ4n) is 13.5. The minimum Gasteiger partial charge on any atom is -0.345 e. The van der Waals surface area contributed by atoms with Crippen LogP contribution in [0.5, 0.6) is 0 Å². The van der Waals surface area contributed by atoms with E-state index in [2.05, 4.69) is 271 Å². The van der Waals surface area contributed by atoms with Gasteiger partial charge in [-0.1, -0.05) is 178 Å². The third-order valence-electron chi connectivity index (χ3n) is 17.9. The quantitative estimate of drug-likeness (QED) is 0.174. The second kappa shape index (κ2) is 16.5. The lowest BCUT2D eigenvalue weighted by Crippen LogP contribution is -2.61. The molecule has 1 aromatic heterocycles. The molecule has 1 N–H and O–H groups in total. The zero-order chi connectivity index (χ0) is 52.0. The minimum absolute atomic E-state index is 0.00606. The molecule has 1 aliphatic carbocycles. The van der Waals surface area contributed by atoms with E-state index in [-0.39, 0.29) is 28.4 Å². The predicted octanol–water partition coefficient (Wildman–Crippen LogP) is 16.0. The maximum atomic E-state index is 4.46. The average molecular weight is 978 g/mol. The van der Waals surface area contributed by atoms with Crippen LogP contribution in [0.2, 0.25) is 0 Å². The van der Waals surface area contributed by atoms with Crippen LogP contribution in [0, 0.1) is 0 Å². The van der Waals surface area contributed by atoms with E-state index in [1.165, 1.54) is 101 Å². The SMILES string of the molecule is CC(C)(C)c1ccc(N2c3ccc(C(C)(C)C)cc3B3c4ccccc4N(c4ccc(C(C)(C)C)cc4-c4ccccc4)c4cc(N5c6ccc(-c7cnc[nH]7)cc6C6(C)CCc7ccccc7C56C)cc2c43)cc1. The molecule has 372 valence electrons. The van der Waals surface area contributed by atoms with Crippen LogP contribution in [0.3, 0.4) is 0 Å². The number of hydrogen-bond donors (Lipinski definition) is 1. The fraction of sp³-hybridized carbons (Fsp3) is 0.261. The highest BCUT2D eigenvalue weighted by Gasteiger charge is 2.60. The summed E-state index contributed by atoms with van der Waals surface area (Å²) in [6.07, 6.45) is 5.78. The highest BCUT2D eigenvalue weighted by molar-refractivity contribution is 7.00. The summed E-state index contributed by atoms with van der Waals surface area (Å²) in [5.74, 6) is 0. The van der Waals surface area contributed by atoms with E-state index < -0.39 is 5.54 Å². The second-order valence-corrected chi connectivity index (χ2v) is 25.3. The molecule has 9 aromatic rings. The zero-order valence-corrected chi connectivity index (χ0v) is 45.6. The first-order chi connectivity index (χ1) is 35.8. The minimum atomic E-state index is -0.453. The molecule has 0 spiro atoms. The van der Waals surface area contributed by atoms with Crippen LogP contribution in [0.4, 0.5) is 45.5 Å². The number of H-pyrrole nitrogens is 1. The smallest absolute Gasteiger partial charge is 0.252 e. The molecule has 2 unspecified atom stereocenters. The van der Waals surface area contributed by atoms with E-state index >= 15 is 0 Å². The van der Waals surface area contributed by atoms with Gasteiger partial charge >= 0.3 is 0 Å². The van der Waals surface area contributed by atoms with Crippen molar-refractivity contribution in [1.82, 2.24) is 9.97 Å². The molecule has 4 heterocycles. The first-order valence-corrected chi connectivity index (χ1v) is 27.2. The molecule has 0 saturated heterocycles. The number of nitrogens with zero attached hydrogens (tertiary/aromatic N) is 4. The van der Waals surface area contributed by atoms with E-state index in [4.69, 9.17) is 0 Å². The zero-order valence-electron chi connectivity index (χ0n) is 45.6. The van der Waals surface area contributed by atoms with Crippen molar-refractivity contribution in [3.8, 4) is 22.4 Å². The Bertz CT molecular complexity index is 3720. The van der Waals surface area contributed by atoms with Crippen molar-refractivity contribution >= 4 is 68.6 Å². The van der Waals surface area contributed by atoms with Gasteiger partial charge in [0.2, 0.25) is 0 Å². The molecule has 13 rings (SSSR count). The van der Waals surface area contributed by atoms with Crippen molar-refractivity contribution in [2.75, 3.05) is 14.7 Å². The Balaban J connectivity index is 1.17. The van der Waals surface area contributed by atoms with Gasteiger partial charge in [-0.25, -0.2) is 4.98 Å². The Morgan fingerprint density at radius 3 is 1.81 bits per heavy atom. The number of aryl methyl sites for hydroxylation is 1. The number of anilines is 8. The first-order valence-electron chi connectivity index (χ1n) is 27.2. The Labute approximate surface area is 445 Å². The molecular formula is C69H68BN5. The number of aromatic nitrogens is 2. The molecule has 8 aromatic carbocycles. The van der Waals surface area contributed by atoms with Crippen LogP contribution in [-0.2, 0) is 33.6 Å². The summed E-state index contributed by atoms with van der Waals surface area (Å²) in [7, 11) is 0. The number of hydrogen-bond acceptors (Lipinski definition) is 4. The van der Waals surface area contributed by atoms with Crippen molar-refractivity contribution in [2.45, 2.75) is 116 Å². The summed E-state index contributed by atoms with van der Waals surface area (Å²) in [5.41, 5.74) is 25.5. The van der Waals surface area contributed by atoms with Crippen molar-refractivity contribution in [3.63, 3.8) is 0 Å². The van der Waals surface area contributed by atoms with Crippen LogP contribution in [0.1, 0.15) is 116 Å². The van der Waals surface area contributed by atoms with Crippen LogP contribution < -0.4 is 31.1 Å². The fourth-order valence-corrected chi connectivity index (χ4v) is 13.5. The van der Waals surface area contributed by atoms with Crippen molar-refractivity contribution in [3.05, 3.63) is 216 Å². The molecule has 6 heteroatoms. The maximum absolute atomic E-state index is 4.46. The number of rotatable bonds is 5.